The molecule has 0 saturated carbocycles. The third-order valence-corrected chi connectivity index (χ3v) is 8.04. The van der Waals surface area contributed by atoms with Crippen LogP contribution in [0, 0.1) is 26.7 Å². The van der Waals surface area contributed by atoms with Gasteiger partial charge in [0, 0.05) is 13.1 Å². The van der Waals surface area contributed by atoms with Crippen molar-refractivity contribution < 1.29 is 17.9 Å². The molecule has 0 unspecified atom stereocenters. The van der Waals surface area contributed by atoms with E-state index in [1.54, 1.807) is 24.3 Å². The van der Waals surface area contributed by atoms with E-state index in [2.05, 4.69) is 31.3 Å². The summed E-state index contributed by atoms with van der Waals surface area (Å²) in [6.07, 6.45) is 1.34. The summed E-state index contributed by atoms with van der Waals surface area (Å²) in [6.45, 7) is 8.78. The molecule has 0 spiro atoms. The summed E-state index contributed by atoms with van der Waals surface area (Å²) < 4.78 is 32.7. The number of methoxy groups -OCH3 is 1. The molecule has 1 N–H and O–H groups in total. The van der Waals surface area contributed by atoms with Gasteiger partial charge in [0.15, 0.2) is 0 Å². The molecule has 0 aliphatic carbocycles. The van der Waals surface area contributed by atoms with Gasteiger partial charge in [-0.2, -0.15) is 4.31 Å². The normalized spacial score (nSPS) is 18.4. The molecule has 0 aromatic heterocycles. The molecule has 2 aromatic rings. The number of carbonyl (C=O) groups excluding carboxylic acids is 1. The molecule has 7 heteroatoms. The average molecular weight is 445 g/mol. The quantitative estimate of drug-likeness (QED) is 0.733. The number of nitrogens with zero attached hydrogens (tertiary/aromatic N) is 1. The van der Waals surface area contributed by atoms with E-state index in [0.717, 1.165) is 11.1 Å². The molecule has 1 amide bonds. The lowest BCUT2D eigenvalue weighted by Crippen LogP contribution is -2.45. The van der Waals surface area contributed by atoms with Crippen molar-refractivity contribution >= 4 is 15.9 Å². The molecule has 1 aliphatic rings. The van der Waals surface area contributed by atoms with Crippen LogP contribution in [0.2, 0.25) is 0 Å². The van der Waals surface area contributed by atoms with Crippen molar-refractivity contribution in [3.05, 3.63) is 58.7 Å². The first-order valence-corrected chi connectivity index (χ1v) is 12.1. The van der Waals surface area contributed by atoms with E-state index >= 15 is 0 Å². The van der Waals surface area contributed by atoms with Crippen LogP contribution in [0.4, 0.5) is 0 Å². The van der Waals surface area contributed by atoms with Crippen molar-refractivity contribution in [2.45, 2.75) is 51.5 Å². The summed E-state index contributed by atoms with van der Waals surface area (Å²) in [4.78, 5) is 13.2. The van der Waals surface area contributed by atoms with E-state index in [4.69, 9.17) is 4.74 Å². The fourth-order valence-corrected chi connectivity index (χ4v) is 5.65. The molecule has 1 fully saturated rings. The van der Waals surface area contributed by atoms with Crippen LogP contribution in [0.3, 0.4) is 0 Å². The minimum atomic E-state index is -3.65. The molecule has 6 nitrogen and oxygen atoms in total. The molecule has 1 saturated heterocycles. The van der Waals surface area contributed by atoms with Gasteiger partial charge in [-0.15, -0.1) is 0 Å². The summed E-state index contributed by atoms with van der Waals surface area (Å²) >= 11 is 0. The fraction of sp³-hybridized carbons (Fsp3) is 0.458. The number of aryl methyl sites for hydroxylation is 3. The lowest BCUT2D eigenvalue weighted by atomic mass is 9.95. The van der Waals surface area contributed by atoms with Gasteiger partial charge in [-0.25, -0.2) is 8.42 Å². The number of ether oxygens (including phenoxy) is 1. The zero-order valence-electron chi connectivity index (χ0n) is 18.9. The van der Waals surface area contributed by atoms with Crippen LogP contribution in [0.15, 0.2) is 41.3 Å². The minimum absolute atomic E-state index is 0.0974. The molecule has 168 valence electrons. The number of hydrogen-bond donors (Lipinski definition) is 1. The molecule has 1 heterocycles. The zero-order chi connectivity index (χ0) is 22.8. The SMILES string of the molecule is COc1ccc(S(=O)(=O)N2CCC[C@H](C(=O)N[C@H](C)c3cc(C)c(C)cc3C)C2)cc1. The molecule has 2 atom stereocenters. The van der Waals surface area contributed by atoms with Gasteiger partial charge in [0.1, 0.15) is 5.75 Å². The standard InChI is InChI=1S/C24H32N2O4S/c1-16-13-18(3)23(14-17(16)2)19(4)25-24(27)20-7-6-12-26(15-20)31(28,29)22-10-8-21(30-5)9-11-22/h8-11,13-14,19-20H,6-7,12,15H2,1-5H3,(H,25,27)/t19-,20+/m1/s1. The Bertz CT molecular complexity index is 1050. The van der Waals surface area contributed by atoms with Crippen molar-refractivity contribution in [3.8, 4) is 5.75 Å². The maximum atomic E-state index is 13.1. The second-order valence-electron chi connectivity index (χ2n) is 8.40. The predicted octanol–water partition coefficient (Wildman–Crippen LogP) is 3.90. The van der Waals surface area contributed by atoms with Crippen LogP contribution < -0.4 is 10.1 Å². The number of sulfonamides is 1. The average Bonchev–Trinajstić information content (AvgIpc) is 2.76. The number of benzene rings is 2. The minimum Gasteiger partial charge on any atom is -0.497 e. The number of nitrogens with one attached hydrogen (secondary N) is 1. The maximum Gasteiger partial charge on any atom is 0.243 e. The largest absolute Gasteiger partial charge is 0.497 e. The zero-order valence-corrected chi connectivity index (χ0v) is 19.8. The van der Waals surface area contributed by atoms with Gasteiger partial charge in [-0.1, -0.05) is 12.1 Å². The second-order valence-corrected chi connectivity index (χ2v) is 10.3. The van der Waals surface area contributed by atoms with Gasteiger partial charge in [0.2, 0.25) is 15.9 Å². The monoisotopic (exact) mass is 444 g/mol. The summed E-state index contributed by atoms with van der Waals surface area (Å²) in [6, 6.07) is 10.5. The molecular formula is C24H32N2O4S. The molecule has 2 aromatic carbocycles. The smallest absolute Gasteiger partial charge is 0.243 e. The summed E-state index contributed by atoms with van der Waals surface area (Å²) in [7, 11) is -2.11. The Morgan fingerprint density at radius 3 is 2.39 bits per heavy atom. The van der Waals surface area contributed by atoms with Crippen LogP contribution in [-0.4, -0.2) is 38.8 Å². The lowest BCUT2D eigenvalue weighted by molar-refractivity contribution is -0.126. The first-order chi connectivity index (χ1) is 14.6. The highest BCUT2D eigenvalue weighted by molar-refractivity contribution is 7.89. The van der Waals surface area contributed by atoms with E-state index < -0.39 is 10.0 Å². The number of carbonyl (C=O) groups is 1. The van der Waals surface area contributed by atoms with Crippen molar-refractivity contribution in [3.63, 3.8) is 0 Å². The van der Waals surface area contributed by atoms with Gasteiger partial charge in [-0.05, 0) is 87.1 Å². The molecule has 31 heavy (non-hydrogen) atoms. The molecule has 0 radical (unpaired) electrons. The van der Waals surface area contributed by atoms with Gasteiger partial charge in [0.05, 0.1) is 24.0 Å². The van der Waals surface area contributed by atoms with Gasteiger partial charge in [0.25, 0.3) is 0 Å². The molecule has 1 aliphatic heterocycles. The molecule has 0 bridgehead atoms. The Kier molecular flexibility index (Phi) is 7.06. The fourth-order valence-electron chi connectivity index (χ4n) is 4.13. The van der Waals surface area contributed by atoms with Gasteiger partial charge < -0.3 is 10.1 Å². The Morgan fingerprint density at radius 1 is 1.10 bits per heavy atom. The van der Waals surface area contributed by atoms with Crippen LogP contribution in [0.5, 0.6) is 5.75 Å². The first kappa shape index (κ1) is 23.3. The Morgan fingerprint density at radius 2 is 1.74 bits per heavy atom. The number of piperidine rings is 1. The Balaban J connectivity index is 1.71. The highest BCUT2D eigenvalue weighted by atomic mass is 32.2. The highest BCUT2D eigenvalue weighted by Crippen LogP contribution is 2.27. The van der Waals surface area contributed by atoms with Crippen molar-refractivity contribution in [2.24, 2.45) is 5.92 Å². The second kappa shape index (κ2) is 9.40. The van der Waals surface area contributed by atoms with E-state index in [0.29, 0.717) is 25.1 Å². The Hall–Kier alpha value is -2.38. The molecular weight excluding hydrogens is 412 g/mol. The van der Waals surface area contributed by atoms with Crippen LogP contribution >= 0.6 is 0 Å². The van der Waals surface area contributed by atoms with Crippen molar-refractivity contribution in [2.75, 3.05) is 20.2 Å². The van der Waals surface area contributed by atoms with Crippen LogP contribution in [0.25, 0.3) is 0 Å². The van der Waals surface area contributed by atoms with E-state index in [-0.39, 0.29) is 29.3 Å². The van der Waals surface area contributed by atoms with Crippen LogP contribution in [-0.2, 0) is 14.8 Å². The van der Waals surface area contributed by atoms with E-state index in [1.165, 1.54) is 22.5 Å². The number of hydrogen-bond acceptors (Lipinski definition) is 4. The third kappa shape index (κ3) is 5.10. The number of amides is 1. The highest BCUT2D eigenvalue weighted by Gasteiger charge is 2.33. The van der Waals surface area contributed by atoms with Crippen molar-refractivity contribution in [1.29, 1.82) is 0 Å². The first-order valence-electron chi connectivity index (χ1n) is 10.7. The predicted molar refractivity (Wildman–Crippen MR) is 122 cm³/mol. The summed E-state index contributed by atoms with van der Waals surface area (Å²) in [5.74, 6) is 0.140. The summed E-state index contributed by atoms with van der Waals surface area (Å²) in [5, 5.41) is 3.10. The topological polar surface area (TPSA) is 75.7 Å². The summed E-state index contributed by atoms with van der Waals surface area (Å²) in [5.41, 5.74) is 4.65. The van der Waals surface area contributed by atoms with E-state index in [1.807, 2.05) is 13.8 Å². The van der Waals surface area contributed by atoms with Crippen LogP contribution in [0.1, 0.15) is 48.1 Å². The third-order valence-electron chi connectivity index (χ3n) is 6.16. The van der Waals surface area contributed by atoms with Gasteiger partial charge in [-0.3, -0.25) is 4.79 Å². The number of rotatable bonds is 6. The molecule has 3 rings (SSSR count). The van der Waals surface area contributed by atoms with Gasteiger partial charge >= 0.3 is 0 Å². The van der Waals surface area contributed by atoms with E-state index in [9.17, 15) is 13.2 Å². The maximum absolute atomic E-state index is 13.1. The lowest BCUT2D eigenvalue weighted by Gasteiger charge is -2.32. The van der Waals surface area contributed by atoms with Crippen molar-refractivity contribution in [1.82, 2.24) is 9.62 Å². The Labute approximate surface area is 185 Å².